The van der Waals surface area contributed by atoms with Crippen LogP contribution < -0.4 is 4.72 Å². The van der Waals surface area contributed by atoms with E-state index in [1.165, 1.54) is 0 Å². The Labute approximate surface area is 181 Å². The number of H-pyrrole nitrogens is 1. The lowest BCUT2D eigenvalue weighted by atomic mass is 10.0. The molecule has 0 bridgehead atoms. The molecule has 8 nitrogen and oxygen atoms in total. The molecule has 1 aromatic carbocycles. The summed E-state index contributed by atoms with van der Waals surface area (Å²) in [5.74, 6) is 0.00369. The highest BCUT2D eigenvalue weighted by molar-refractivity contribution is 7.93. The minimum Gasteiger partial charge on any atom is -0.280 e. The average Bonchev–Trinajstić information content (AvgIpc) is 3.38. The van der Waals surface area contributed by atoms with E-state index < -0.39 is 10.0 Å². The van der Waals surface area contributed by atoms with Crippen molar-refractivity contribution < 1.29 is 8.42 Å². The number of pyridine rings is 1. The third-order valence-electron chi connectivity index (χ3n) is 5.41. The molecule has 9 heteroatoms. The number of hydrogen-bond acceptors (Lipinski definition) is 5. The molecule has 1 atom stereocenters. The number of unbranched alkanes of at least 4 members (excludes halogenated alkanes) is 1. The van der Waals surface area contributed by atoms with Gasteiger partial charge >= 0.3 is 0 Å². The topological polar surface area (TPSA) is 106 Å². The van der Waals surface area contributed by atoms with Gasteiger partial charge in [-0.3, -0.25) is 19.5 Å². The fourth-order valence-corrected chi connectivity index (χ4v) is 5.29. The molecule has 4 aromatic rings. The van der Waals surface area contributed by atoms with E-state index in [2.05, 4.69) is 31.9 Å². The van der Waals surface area contributed by atoms with Crippen molar-refractivity contribution in [3.8, 4) is 11.4 Å². The molecule has 1 unspecified atom stereocenters. The maximum atomic E-state index is 13.7. The third-order valence-corrected chi connectivity index (χ3v) is 6.85. The molecule has 0 aliphatic carbocycles. The molecule has 31 heavy (non-hydrogen) atoms. The van der Waals surface area contributed by atoms with Gasteiger partial charge in [0.05, 0.1) is 28.8 Å². The first-order valence-corrected chi connectivity index (χ1v) is 11.8. The number of fused-ring (bicyclic) bond motifs is 1. The molecule has 0 aliphatic rings. The number of para-hydroxylation sites is 1. The SMILES string of the molecule is CCCCC(C)c1[nH]nc(-c2ccccn2)c1S(=O)(=O)Nc1cccc2cnn(C)c12. The largest absolute Gasteiger partial charge is 0.280 e. The van der Waals surface area contributed by atoms with Crippen molar-refractivity contribution in [3.63, 3.8) is 0 Å². The van der Waals surface area contributed by atoms with Crippen LogP contribution in [0.1, 0.15) is 44.7 Å². The average molecular weight is 439 g/mol. The Morgan fingerprint density at radius 1 is 1.19 bits per heavy atom. The number of sulfonamides is 1. The van der Waals surface area contributed by atoms with Crippen molar-refractivity contribution in [1.29, 1.82) is 0 Å². The molecule has 0 amide bonds. The van der Waals surface area contributed by atoms with Gasteiger partial charge in [0.1, 0.15) is 10.6 Å². The normalized spacial score (nSPS) is 12.9. The molecule has 0 saturated carbocycles. The van der Waals surface area contributed by atoms with E-state index in [0.717, 1.165) is 30.2 Å². The lowest BCUT2D eigenvalue weighted by molar-refractivity contribution is 0.585. The van der Waals surface area contributed by atoms with Crippen LogP contribution >= 0.6 is 0 Å². The van der Waals surface area contributed by atoms with Gasteiger partial charge in [-0.2, -0.15) is 10.2 Å². The maximum Gasteiger partial charge on any atom is 0.266 e. The van der Waals surface area contributed by atoms with Crippen LogP contribution in [0.5, 0.6) is 0 Å². The van der Waals surface area contributed by atoms with Gasteiger partial charge in [0.25, 0.3) is 10.0 Å². The number of nitrogens with zero attached hydrogens (tertiary/aromatic N) is 4. The summed E-state index contributed by atoms with van der Waals surface area (Å²) in [5, 5.41) is 12.5. The molecular formula is C22H26N6O2S. The van der Waals surface area contributed by atoms with Crippen molar-refractivity contribution >= 4 is 26.6 Å². The van der Waals surface area contributed by atoms with Gasteiger partial charge in [-0.1, -0.05) is 44.9 Å². The fraction of sp³-hybridized carbons (Fsp3) is 0.318. The Morgan fingerprint density at radius 2 is 2.03 bits per heavy atom. The Bertz CT molecular complexity index is 1290. The van der Waals surface area contributed by atoms with Gasteiger partial charge in [-0.25, -0.2) is 8.42 Å². The number of aryl methyl sites for hydroxylation is 1. The van der Waals surface area contributed by atoms with Crippen molar-refractivity contribution in [2.45, 2.75) is 43.9 Å². The number of rotatable bonds is 8. The Hall–Kier alpha value is -3.20. The van der Waals surface area contributed by atoms with E-state index in [4.69, 9.17) is 0 Å². The summed E-state index contributed by atoms with van der Waals surface area (Å²) >= 11 is 0. The zero-order valence-electron chi connectivity index (χ0n) is 17.8. The number of aromatic nitrogens is 5. The van der Waals surface area contributed by atoms with E-state index in [-0.39, 0.29) is 10.8 Å². The highest BCUT2D eigenvalue weighted by Gasteiger charge is 2.30. The number of aromatic amines is 1. The molecule has 0 saturated heterocycles. The molecule has 2 N–H and O–H groups in total. The number of anilines is 1. The summed E-state index contributed by atoms with van der Waals surface area (Å²) < 4.78 is 31.8. The van der Waals surface area contributed by atoms with Crippen molar-refractivity contribution in [2.75, 3.05) is 4.72 Å². The van der Waals surface area contributed by atoms with E-state index in [1.807, 2.05) is 25.1 Å². The summed E-state index contributed by atoms with van der Waals surface area (Å²) in [6, 6.07) is 10.8. The standard InChI is InChI=1S/C22H26N6O2S/c1-4-5-9-15(2)19-22(20(26-25-19)17-11-6-7-13-23-17)31(29,30)27-18-12-8-10-16-14-24-28(3)21(16)18/h6-8,10-15,27H,4-5,9H2,1-3H3,(H,25,26). The zero-order valence-corrected chi connectivity index (χ0v) is 18.6. The van der Waals surface area contributed by atoms with Crippen LogP contribution in [0.25, 0.3) is 22.3 Å². The third kappa shape index (κ3) is 4.05. The summed E-state index contributed by atoms with van der Waals surface area (Å²) in [4.78, 5) is 4.48. The Morgan fingerprint density at radius 3 is 2.77 bits per heavy atom. The molecule has 0 aliphatic heterocycles. The molecule has 0 fully saturated rings. The second-order valence-electron chi connectivity index (χ2n) is 7.69. The van der Waals surface area contributed by atoms with Crippen LogP contribution in [0.4, 0.5) is 5.69 Å². The van der Waals surface area contributed by atoms with Crippen LogP contribution in [0.3, 0.4) is 0 Å². The van der Waals surface area contributed by atoms with E-state index >= 15 is 0 Å². The van der Waals surface area contributed by atoms with Crippen LogP contribution in [-0.2, 0) is 17.1 Å². The van der Waals surface area contributed by atoms with Crippen molar-refractivity contribution in [3.05, 3.63) is 54.5 Å². The van der Waals surface area contributed by atoms with Gasteiger partial charge in [0, 0.05) is 18.6 Å². The van der Waals surface area contributed by atoms with Crippen molar-refractivity contribution in [1.82, 2.24) is 25.0 Å². The monoisotopic (exact) mass is 438 g/mol. The summed E-state index contributed by atoms with van der Waals surface area (Å²) in [5.41, 5.74) is 2.61. The number of benzene rings is 1. The van der Waals surface area contributed by atoms with Crippen molar-refractivity contribution in [2.24, 2.45) is 7.05 Å². The van der Waals surface area contributed by atoms with Crippen LogP contribution in [-0.4, -0.2) is 33.4 Å². The molecule has 0 spiro atoms. The smallest absolute Gasteiger partial charge is 0.266 e. The van der Waals surface area contributed by atoms with Gasteiger partial charge in [0.2, 0.25) is 0 Å². The van der Waals surface area contributed by atoms with E-state index in [9.17, 15) is 8.42 Å². The minimum absolute atomic E-state index is 0.00369. The molecule has 3 heterocycles. The first-order valence-electron chi connectivity index (χ1n) is 10.4. The minimum atomic E-state index is -3.96. The first kappa shape index (κ1) is 21.0. The Kier molecular flexibility index (Phi) is 5.77. The van der Waals surface area contributed by atoms with Gasteiger partial charge < -0.3 is 0 Å². The van der Waals surface area contributed by atoms with Gasteiger partial charge in [-0.15, -0.1) is 0 Å². The summed E-state index contributed by atoms with van der Waals surface area (Å²) in [6.45, 7) is 4.14. The number of hydrogen-bond donors (Lipinski definition) is 2. The van der Waals surface area contributed by atoms with Crippen LogP contribution in [0.15, 0.2) is 53.7 Å². The first-order chi connectivity index (χ1) is 14.9. The molecule has 162 valence electrons. The van der Waals surface area contributed by atoms with Crippen LogP contribution in [0.2, 0.25) is 0 Å². The van der Waals surface area contributed by atoms with Crippen LogP contribution in [0, 0.1) is 0 Å². The van der Waals surface area contributed by atoms with E-state index in [0.29, 0.717) is 22.8 Å². The maximum absolute atomic E-state index is 13.7. The number of nitrogens with one attached hydrogen (secondary N) is 2. The second-order valence-corrected chi connectivity index (χ2v) is 9.31. The molecule has 4 rings (SSSR count). The lowest BCUT2D eigenvalue weighted by Gasteiger charge is -2.15. The summed E-state index contributed by atoms with van der Waals surface area (Å²) in [7, 11) is -2.17. The van der Waals surface area contributed by atoms with Gasteiger partial charge in [0.15, 0.2) is 0 Å². The highest BCUT2D eigenvalue weighted by atomic mass is 32.2. The zero-order chi connectivity index (χ0) is 22.0. The second kappa shape index (κ2) is 8.50. The predicted molar refractivity (Wildman–Crippen MR) is 121 cm³/mol. The quantitative estimate of drug-likeness (QED) is 0.423. The Balaban J connectivity index is 1.84. The van der Waals surface area contributed by atoms with Gasteiger partial charge in [-0.05, 0) is 30.5 Å². The molecule has 3 aromatic heterocycles. The summed E-state index contributed by atoms with van der Waals surface area (Å²) in [6.07, 6.45) is 6.24. The molecule has 0 radical (unpaired) electrons. The predicted octanol–water partition coefficient (Wildman–Crippen LogP) is 4.45. The van der Waals surface area contributed by atoms with E-state index in [1.54, 1.807) is 42.3 Å². The fourth-order valence-electron chi connectivity index (χ4n) is 3.79. The molecular weight excluding hydrogens is 412 g/mol. The lowest BCUT2D eigenvalue weighted by Crippen LogP contribution is -2.17. The highest BCUT2D eigenvalue weighted by Crippen LogP contribution is 2.35.